The zero-order valence-corrected chi connectivity index (χ0v) is 19.1. The zero-order valence-electron chi connectivity index (χ0n) is 19.1. The van der Waals surface area contributed by atoms with Crippen molar-refractivity contribution >= 4 is 28.4 Å². The van der Waals surface area contributed by atoms with E-state index >= 15 is 0 Å². The Kier molecular flexibility index (Phi) is 7.88. The molecule has 0 saturated carbocycles. The van der Waals surface area contributed by atoms with Gasteiger partial charge in [0.1, 0.15) is 6.61 Å². The molecule has 0 bridgehead atoms. The third kappa shape index (κ3) is 4.79. The summed E-state index contributed by atoms with van der Waals surface area (Å²) in [5, 5.41) is 9.44. The van der Waals surface area contributed by atoms with Crippen molar-refractivity contribution in [1.29, 1.82) is 0 Å². The highest BCUT2D eigenvalue weighted by Gasteiger charge is 2.36. The van der Waals surface area contributed by atoms with E-state index in [1.165, 1.54) is 27.6 Å². The fourth-order valence-electron chi connectivity index (χ4n) is 4.58. The minimum absolute atomic E-state index is 0.0445. The molecule has 0 fully saturated rings. The molecule has 2 heterocycles. The number of esters is 1. The van der Waals surface area contributed by atoms with Crippen molar-refractivity contribution < 1.29 is 19.4 Å². The molecule has 2 aliphatic rings. The molecule has 0 saturated heterocycles. The van der Waals surface area contributed by atoms with E-state index < -0.39 is 5.97 Å². The molecule has 0 radical (unpaired) electrons. The first-order valence-corrected chi connectivity index (χ1v) is 11.1. The molecule has 1 amide bonds. The lowest BCUT2D eigenvalue weighted by Gasteiger charge is -2.40. The molecule has 2 N–H and O–H groups in total. The Morgan fingerprint density at radius 3 is 2.75 bits per heavy atom. The number of ether oxygens (including phenoxy) is 1. The number of aliphatic hydroxyl groups excluding tert-OH is 1. The molecule has 1 aliphatic heterocycles. The quantitative estimate of drug-likeness (QED) is 0.534. The normalized spacial score (nSPS) is 19.3. The van der Waals surface area contributed by atoms with Crippen LogP contribution < -0.4 is 0 Å². The van der Waals surface area contributed by atoms with E-state index in [9.17, 15) is 9.59 Å². The Morgan fingerprint density at radius 2 is 2.09 bits per heavy atom. The number of aromatic nitrogens is 1. The van der Waals surface area contributed by atoms with Gasteiger partial charge in [-0.05, 0) is 50.1 Å². The smallest absolute Gasteiger partial charge is 0.330 e. The summed E-state index contributed by atoms with van der Waals surface area (Å²) in [5.41, 5.74) is 5.21. The standard InChI is InChI=1S/C20H25N3O.C5H8O3/c1-4-23(5-2)20(24)14-9-16-15-7-6-8-17-19(15)13(11-21-17)10-18(16)22(3)12-14;1-2-5(7)8-4-3-6/h6-9,11,14,18,21H,4-5,10,12H2,1-3H3;2,6H,1,3-4H2/t14-,18-;/m1./s1. The van der Waals surface area contributed by atoms with Crippen molar-refractivity contribution in [2.45, 2.75) is 26.3 Å². The highest BCUT2D eigenvalue weighted by molar-refractivity contribution is 5.99. The van der Waals surface area contributed by atoms with Gasteiger partial charge < -0.3 is 19.7 Å². The molecular weight excluding hydrogens is 406 g/mol. The van der Waals surface area contributed by atoms with Gasteiger partial charge in [0.05, 0.1) is 12.5 Å². The van der Waals surface area contributed by atoms with E-state index in [1.807, 2.05) is 4.90 Å². The first-order valence-electron chi connectivity index (χ1n) is 11.1. The van der Waals surface area contributed by atoms with Crippen LogP contribution in [-0.2, 0) is 20.7 Å². The number of hydrogen-bond acceptors (Lipinski definition) is 5. The van der Waals surface area contributed by atoms with Crippen molar-refractivity contribution in [2.24, 2.45) is 5.92 Å². The number of likely N-dealkylation sites (N-methyl/N-ethyl adjacent to an activating group) is 1. The maximum absolute atomic E-state index is 12.9. The Bertz CT molecular complexity index is 1010. The van der Waals surface area contributed by atoms with Crippen LogP contribution in [0.25, 0.3) is 16.5 Å². The number of nitrogens with one attached hydrogen (secondary N) is 1. The number of benzene rings is 1. The third-order valence-corrected chi connectivity index (χ3v) is 6.16. The van der Waals surface area contributed by atoms with Gasteiger partial charge in [-0.1, -0.05) is 24.8 Å². The minimum Gasteiger partial charge on any atom is -0.460 e. The molecule has 32 heavy (non-hydrogen) atoms. The number of fused-ring (bicyclic) bond motifs is 2. The number of carbonyl (C=O) groups excluding carboxylic acids is 2. The Hall–Kier alpha value is -2.90. The number of hydrogen-bond donors (Lipinski definition) is 2. The number of H-pyrrole nitrogens is 1. The second kappa shape index (κ2) is 10.6. The van der Waals surface area contributed by atoms with Crippen LogP contribution in [0.15, 0.2) is 43.1 Å². The van der Waals surface area contributed by atoms with Crippen LogP contribution in [0.3, 0.4) is 0 Å². The first kappa shape index (κ1) is 23.8. The molecule has 2 atom stereocenters. The fourth-order valence-corrected chi connectivity index (χ4v) is 4.58. The van der Waals surface area contributed by atoms with Crippen LogP contribution in [0, 0.1) is 5.92 Å². The van der Waals surface area contributed by atoms with E-state index in [4.69, 9.17) is 5.11 Å². The number of amides is 1. The lowest BCUT2D eigenvalue weighted by atomic mass is 9.79. The van der Waals surface area contributed by atoms with E-state index in [0.29, 0.717) is 6.04 Å². The topological polar surface area (TPSA) is 85.9 Å². The van der Waals surface area contributed by atoms with Gasteiger partial charge >= 0.3 is 5.97 Å². The number of aromatic amines is 1. The fraction of sp³-hybridized carbons (Fsp3) is 0.440. The SMILES string of the molecule is C=CC(=O)OCCO.CCN(CC)C(=O)[C@@H]1C=C2c3cccc4[nH]cc(c34)C[C@H]2N(C)C1. The number of aliphatic hydroxyl groups is 1. The van der Waals surface area contributed by atoms with Crippen LogP contribution in [0.2, 0.25) is 0 Å². The molecular formula is C25H33N3O4. The van der Waals surface area contributed by atoms with Gasteiger partial charge in [-0.2, -0.15) is 0 Å². The van der Waals surface area contributed by atoms with Gasteiger partial charge in [0.25, 0.3) is 0 Å². The molecule has 0 spiro atoms. The van der Waals surface area contributed by atoms with Gasteiger partial charge in [-0.25, -0.2) is 4.79 Å². The summed E-state index contributed by atoms with van der Waals surface area (Å²) < 4.78 is 4.33. The van der Waals surface area contributed by atoms with Crippen molar-refractivity contribution in [3.63, 3.8) is 0 Å². The van der Waals surface area contributed by atoms with E-state index in [1.54, 1.807) is 0 Å². The molecule has 4 rings (SSSR count). The maximum atomic E-state index is 12.9. The van der Waals surface area contributed by atoms with Gasteiger partial charge in [0.15, 0.2) is 0 Å². The van der Waals surface area contributed by atoms with Crippen LogP contribution in [-0.4, -0.2) is 77.7 Å². The number of carbonyl (C=O) groups is 2. The van der Waals surface area contributed by atoms with E-state index in [-0.39, 0.29) is 25.0 Å². The third-order valence-electron chi connectivity index (χ3n) is 6.16. The second-order valence-corrected chi connectivity index (χ2v) is 8.04. The molecule has 0 unspecified atom stereocenters. The average molecular weight is 440 g/mol. The monoisotopic (exact) mass is 439 g/mol. The van der Waals surface area contributed by atoms with E-state index in [0.717, 1.165) is 32.1 Å². The molecule has 172 valence electrons. The maximum Gasteiger partial charge on any atom is 0.330 e. The largest absolute Gasteiger partial charge is 0.460 e. The summed E-state index contributed by atoms with van der Waals surface area (Å²) in [7, 11) is 2.15. The van der Waals surface area contributed by atoms with Gasteiger partial charge in [0, 0.05) is 48.9 Å². The van der Waals surface area contributed by atoms with Crippen LogP contribution in [0.4, 0.5) is 0 Å². The van der Waals surface area contributed by atoms with Crippen molar-refractivity contribution in [3.8, 4) is 0 Å². The lowest BCUT2D eigenvalue weighted by molar-refractivity contribution is -0.138. The highest BCUT2D eigenvalue weighted by atomic mass is 16.5. The van der Waals surface area contributed by atoms with Crippen LogP contribution in [0.1, 0.15) is 25.0 Å². The Balaban J connectivity index is 0.000000312. The minimum atomic E-state index is -0.501. The molecule has 1 aromatic carbocycles. The van der Waals surface area contributed by atoms with Crippen molar-refractivity contribution in [1.82, 2.24) is 14.8 Å². The van der Waals surface area contributed by atoms with Crippen LogP contribution in [0.5, 0.6) is 0 Å². The Labute approximate surface area is 189 Å². The molecule has 7 nitrogen and oxygen atoms in total. The molecule has 1 aliphatic carbocycles. The molecule has 2 aromatic rings. The average Bonchev–Trinajstić information content (AvgIpc) is 3.23. The van der Waals surface area contributed by atoms with Crippen LogP contribution >= 0.6 is 0 Å². The predicted molar refractivity (Wildman–Crippen MR) is 126 cm³/mol. The van der Waals surface area contributed by atoms with Gasteiger partial charge in [0.2, 0.25) is 5.91 Å². The summed E-state index contributed by atoms with van der Waals surface area (Å²) in [6.45, 7) is 9.53. The molecule has 1 aromatic heterocycles. The van der Waals surface area contributed by atoms with Gasteiger partial charge in [-0.3, -0.25) is 9.69 Å². The number of nitrogens with zero attached hydrogens (tertiary/aromatic N) is 2. The lowest BCUT2D eigenvalue weighted by Crippen LogP contribution is -2.47. The summed E-state index contributed by atoms with van der Waals surface area (Å²) in [6, 6.07) is 6.82. The summed E-state index contributed by atoms with van der Waals surface area (Å²) in [4.78, 5) is 30.7. The predicted octanol–water partition coefficient (Wildman–Crippen LogP) is 2.61. The highest BCUT2D eigenvalue weighted by Crippen LogP contribution is 2.40. The summed E-state index contributed by atoms with van der Waals surface area (Å²) in [6.07, 6.45) is 6.46. The van der Waals surface area contributed by atoms with E-state index in [2.05, 4.69) is 72.6 Å². The second-order valence-electron chi connectivity index (χ2n) is 8.04. The summed E-state index contributed by atoms with van der Waals surface area (Å²) in [5.74, 6) is -0.291. The van der Waals surface area contributed by atoms with Crippen molar-refractivity contribution in [3.05, 3.63) is 54.3 Å². The zero-order chi connectivity index (χ0) is 23.3. The van der Waals surface area contributed by atoms with Gasteiger partial charge in [-0.15, -0.1) is 0 Å². The first-order chi connectivity index (χ1) is 15.4. The van der Waals surface area contributed by atoms with Crippen molar-refractivity contribution in [2.75, 3.05) is 39.9 Å². The molecule has 7 heteroatoms. The number of rotatable bonds is 6. The summed E-state index contributed by atoms with van der Waals surface area (Å²) >= 11 is 0. The Morgan fingerprint density at radius 1 is 1.34 bits per heavy atom.